The number of rotatable bonds is 8. The highest BCUT2D eigenvalue weighted by Gasteiger charge is 2.16. The van der Waals surface area contributed by atoms with Gasteiger partial charge in [-0.3, -0.25) is 14.3 Å². The lowest BCUT2D eigenvalue weighted by atomic mass is 10.2. The Hall–Kier alpha value is -2.87. The molecule has 0 aliphatic carbocycles. The number of para-hydroxylation sites is 1. The van der Waals surface area contributed by atoms with Gasteiger partial charge in [0, 0.05) is 12.1 Å². The number of carbonyl (C=O) groups is 2. The minimum Gasteiger partial charge on any atom is -0.355 e. The van der Waals surface area contributed by atoms with E-state index in [0.29, 0.717) is 12.2 Å². The number of sulfonamides is 1. The molecule has 8 heteroatoms. The van der Waals surface area contributed by atoms with Crippen LogP contribution in [0.5, 0.6) is 0 Å². The zero-order valence-corrected chi connectivity index (χ0v) is 16.1. The van der Waals surface area contributed by atoms with Crippen LogP contribution in [-0.2, 0) is 14.8 Å². The van der Waals surface area contributed by atoms with Crippen LogP contribution < -0.4 is 15.4 Å². The van der Waals surface area contributed by atoms with E-state index in [9.17, 15) is 18.0 Å². The van der Waals surface area contributed by atoms with Crippen LogP contribution in [0, 0.1) is 6.92 Å². The second kappa shape index (κ2) is 9.18. The Kier molecular flexibility index (Phi) is 6.95. The summed E-state index contributed by atoms with van der Waals surface area (Å²) in [5.41, 5.74) is 1.57. The molecule has 0 aliphatic rings. The van der Waals surface area contributed by atoms with Gasteiger partial charge in [-0.25, -0.2) is 8.42 Å². The number of carbonyl (C=O) groups excluding carboxylic acids is 2. The predicted octanol–water partition coefficient (Wildman–Crippen LogP) is 2.05. The third kappa shape index (κ3) is 5.82. The normalized spacial score (nSPS) is 10.9. The lowest BCUT2D eigenvalue weighted by molar-refractivity contribution is -0.120. The Labute approximate surface area is 159 Å². The van der Waals surface area contributed by atoms with Gasteiger partial charge in [-0.2, -0.15) is 0 Å². The maximum atomic E-state index is 12.5. The number of aryl methyl sites for hydroxylation is 1. The minimum atomic E-state index is -3.76. The molecule has 2 amide bonds. The summed E-state index contributed by atoms with van der Waals surface area (Å²) in [6, 6.07) is 12.6. The first-order valence-corrected chi connectivity index (χ1v) is 10.0. The second-order valence-corrected chi connectivity index (χ2v) is 7.66. The van der Waals surface area contributed by atoms with Crippen molar-refractivity contribution in [3.63, 3.8) is 0 Å². The van der Waals surface area contributed by atoms with Gasteiger partial charge in [0.15, 0.2) is 0 Å². The molecule has 2 aromatic rings. The van der Waals surface area contributed by atoms with Gasteiger partial charge < -0.3 is 10.6 Å². The average Bonchev–Trinajstić information content (AvgIpc) is 2.66. The van der Waals surface area contributed by atoms with Gasteiger partial charge in [-0.1, -0.05) is 25.1 Å². The van der Waals surface area contributed by atoms with Crippen LogP contribution in [-0.4, -0.2) is 33.3 Å². The van der Waals surface area contributed by atoms with Crippen molar-refractivity contribution in [3.8, 4) is 0 Å². The monoisotopic (exact) mass is 389 g/mol. The van der Waals surface area contributed by atoms with Crippen molar-refractivity contribution >= 4 is 27.5 Å². The Balaban J connectivity index is 2.02. The standard InChI is InChI=1S/C19H23N3O4S/c1-3-12-20-18(23)13-21-19(24)15-8-10-16(11-9-15)27(25,26)22-17-7-5-4-6-14(17)2/h4-11,22H,3,12-13H2,1-2H3,(H,20,23)(H,21,24). The number of hydrogen-bond donors (Lipinski definition) is 3. The molecule has 3 N–H and O–H groups in total. The first-order valence-electron chi connectivity index (χ1n) is 8.57. The molecule has 0 heterocycles. The highest BCUT2D eigenvalue weighted by Crippen LogP contribution is 2.19. The average molecular weight is 389 g/mol. The Bertz CT molecular complexity index is 909. The minimum absolute atomic E-state index is 0.0444. The summed E-state index contributed by atoms with van der Waals surface area (Å²) >= 11 is 0. The SMILES string of the molecule is CCCNC(=O)CNC(=O)c1ccc(S(=O)(=O)Nc2ccccc2C)cc1. The van der Waals surface area contributed by atoms with Crippen molar-refractivity contribution in [2.75, 3.05) is 17.8 Å². The molecule has 0 atom stereocenters. The van der Waals surface area contributed by atoms with E-state index < -0.39 is 15.9 Å². The first-order chi connectivity index (χ1) is 12.8. The van der Waals surface area contributed by atoms with Crippen LogP contribution in [0.3, 0.4) is 0 Å². The quantitative estimate of drug-likeness (QED) is 0.643. The van der Waals surface area contributed by atoms with Crippen molar-refractivity contribution < 1.29 is 18.0 Å². The van der Waals surface area contributed by atoms with Crippen LogP contribution >= 0.6 is 0 Å². The topological polar surface area (TPSA) is 104 Å². The fourth-order valence-corrected chi connectivity index (χ4v) is 3.40. The lowest BCUT2D eigenvalue weighted by Gasteiger charge is -2.11. The summed E-state index contributed by atoms with van der Waals surface area (Å²) < 4.78 is 27.5. The van der Waals surface area contributed by atoms with Crippen molar-refractivity contribution in [1.29, 1.82) is 0 Å². The van der Waals surface area contributed by atoms with E-state index in [0.717, 1.165) is 12.0 Å². The van der Waals surface area contributed by atoms with Gasteiger partial charge in [0.2, 0.25) is 5.91 Å². The summed E-state index contributed by atoms with van der Waals surface area (Å²) in [4.78, 5) is 23.6. The molecular weight excluding hydrogens is 366 g/mol. The molecule has 2 rings (SSSR count). The summed E-state index contributed by atoms with van der Waals surface area (Å²) in [7, 11) is -3.76. The van der Waals surface area contributed by atoms with E-state index in [1.165, 1.54) is 24.3 Å². The van der Waals surface area contributed by atoms with Gasteiger partial charge in [0.05, 0.1) is 17.1 Å². The van der Waals surface area contributed by atoms with Crippen LogP contribution in [0.1, 0.15) is 29.3 Å². The molecule has 27 heavy (non-hydrogen) atoms. The highest BCUT2D eigenvalue weighted by molar-refractivity contribution is 7.92. The zero-order valence-electron chi connectivity index (χ0n) is 15.3. The van der Waals surface area contributed by atoms with Gasteiger partial charge in [-0.05, 0) is 49.2 Å². The third-order valence-electron chi connectivity index (χ3n) is 3.80. The molecule has 0 saturated heterocycles. The molecule has 0 bridgehead atoms. The number of benzene rings is 2. The molecule has 0 aliphatic heterocycles. The molecule has 0 fully saturated rings. The smallest absolute Gasteiger partial charge is 0.261 e. The summed E-state index contributed by atoms with van der Waals surface area (Å²) in [6.45, 7) is 4.16. The first kappa shape index (κ1) is 20.4. The van der Waals surface area contributed by atoms with E-state index >= 15 is 0 Å². The summed E-state index contributed by atoms with van der Waals surface area (Å²) in [5, 5.41) is 5.15. The number of nitrogens with one attached hydrogen (secondary N) is 3. The van der Waals surface area contributed by atoms with E-state index in [1.807, 2.05) is 26.0 Å². The molecule has 0 aromatic heterocycles. The second-order valence-electron chi connectivity index (χ2n) is 5.98. The fourth-order valence-electron chi connectivity index (χ4n) is 2.27. The Morgan fingerprint density at radius 2 is 1.63 bits per heavy atom. The number of hydrogen-bond acceptors (Lipinski definition) is 4. The molecule has 0 saturated carbocycles. The van der Waals surface area contributed by atoms with Crippen molar-refractivity contribution in [2.24, 2.45) is 0 Å². The van der Waals surface area contributed by atoms with Crippen LogP contribution in [0.15, 0.2) is 53.4 Å². The maximum Gasteiger partial charge on any atom is 0.261 e. The predicted molar refractivity (Wildman–Crippen MR) is 104 cm³/mol. The molecule has 2 aromatic carbocycles. The number of amides is 2. The lowest BCUT2D eigenvalue weighted by Crippen LogP contribution is -2.37. The van der Waals surface area contributed by atoms with E-state index in [2.05, 4.69) is 15.4 Å². The van der Waals surface area contributed by atoms with Crippen molar-refractivity contribution in [3.05, 3.63) is 59.7 Å². The van der Waals surface area contributed by atoms with E-state index in [-0.39, 0.29) is 22.9 Å². The maximum absolute atomic E-state index is 12.5. The largest absolute Gasteiger partial charge is 0.355 e. The zero-order chi connectivity index (χ0) is 19.9. The highest BCUT2D eigenvalue weighted by atomic mass is 32.2. The molecule has 7 nitrogen and oxygen atoms in total. The van der Waals surface area contributed by atoms with Gasteiger partial charge >= 0.3 is 0 Å². The third-order valence-corrected chi connectivity index (χ3v) is 5.18. The molecule has 0 spiro atoms. The summed E-state index contributed by atoms with van der Waals surface area (Å²) in [5.74, 6) is -0.718. The van der Waals surface area contributed by atoms with Gasteiger partial charge in [0.25, 0.3) is 15.9 Å². The van der Waals surface area contributed by atoms with Gasteiger partial charge in [-0.15, -0.1) is 0 Å². The van der Waals surface area contributed by atoms with Crippen molar-refractivity contribution in [1.82, 2.24) is 10.6 Å². The van der Waals surface area contributed by atoms with E-state index in [1.54, 1.807) is 12.1 Å². The molecular formula is C19H23N3O4S. The van der Waals surface area contributed by atoms with Crippen molar-refractivity contribution in [2.45, 2.75) is 25.2 Å². The molecule has 0 radical (unpaired) electrons. The van der Waals surface area contributed by atoms with Crippen LogP contribution in [0.4, 0.5) is 5.69 Å². The van der Waals surface area contributed by atoms with Gasteiger partial charge in [0.1, 0.15) is 0 Å². The Morgan fingerprint density at radius 1 is 0.963 bits per heavy atom. The Morgan fingerprint density at radius 3 is 2.26 bits per heavy atom. The fraction of sp³-hybridized carbons (Fsp3) is 0.263. The van der Waals surface area contributed by atoms with Crippen LogP contribution in [0.2, 0.25) is 0 Å². The molecule has 0 unspecified atom stereocenters. The number of anilines is 1. The molecule has 144 valence electrons. The van der Waals surface area contributed by atoms with E-state index in [4.69, 9.17) is 0 Å². The van der Waals surface area contributed by atoms with Crippen LogP contribution in [0.25, 0.3) is 0 Å². The summed E-state index contributed by atoms with van der Waals surface area (Å²) in [6.07, 6.45) is 0.812.